The first-order chi connectivity index (χ1) is 7.68. The molecule has 16 heavy (non-hydrogen) atoms. The molecule has 1 heterocycles. The monoisotopic (exact) mass is 225 g/mol. The Morgan fingerprint density at radius 2 is 2.12 bits per heavy atom. The zero-order chi connectivity index (χ0) is 11.5. The molecule has 1 atom stereocenters. The number of hydrogen-bond donors (Lipinski definition) is 1. The Kier molecular flexibility index (Phi) is 3.82. The van der Waals surface area contributed by atoms with Crippen molar-refractivity contribution in [3.8, 4) is 0 Å². The number of rotatable bonds is 4. The van der Waals surface area contributed by atoms with Crippen LogP contribution in [0.4, 0.5) is 0 Å². The van der Waals surface area contributed by atoms with E-state index < -0.39 is 0 Å². The molecule has 1 aliphatic heterocycles. The van der Waals surface area contributed by atoms with Gasteiger partial charge < -0.3 is 9.80 Å². The Labute approximate surface area is 98.0 Å². The number of carbonyl (C=O) groups is 1. The molecule has 2 rings (SSSR count). The third-order valence-corrected chi connectivity index (χ3v) is 3.94. The molecular formula is C12H23N3O. The van der Waals surface area contributed by atoms with E-state index in [9.17, 15) is 4.79 Å². The molecule has 1 unspecified atom stereocenters. The van der Waals surface area contributed by atoms with Crippen molar-refractivity contribution < 1.29 is 4.79 Å². The first-order valence-corrected chi connectivity index (χ1v) is 6.41. The Balaban J connectivity index is 1.72. The summed E-state index contributed by atoms with van der Waals surface area (Å²) in [5.41, 5.74) is 0. The molecule has 4 nitrogen and oxygen atoms in total. The van der Waals surface area contributed by atoms with Crippen LogP contribution >= 0.6 is 0 Å². The van der Waals surface area contributed by atoms with Gasteiger partial charge in [-0.05, 0) is 26.8 Å². The fraction of sp³-hybridized carbons (Fsp3) is 0.917. The summed E-state index contributed by atoms with van der Waals surface area (Å²) in [6, 6.07) is 0.764. The van der Waals surface area contributed by atoms with Crippen LogP contribution in [0, 0.1) is 0 Å². The van der Waals surface area contributed by atoms with Gasteiger partial charge in [-0.25, -0.2) is 0 Å². The van der Waals surface area contributed by atoms with Crippen molar-refractivity contribution in [1.82, 2.24) is 15.1 Å². The van der Waals surface area contributed by atoms with Crippen LogP contribution in [0.1, 0.15) is 32.6 Å². The Hall–Kier alpha value is -0.610. The van der Waals surface area contributed by atoms with Crippen LogP contribution in [0.25, 0.3) is 0 Å². The maximum absolute atomic E-state index is 11.7. The maximum Gasteiger partial charge on any atom is 0.240 e. The SMILES string of the molecule is CC1NCN(CCN(C)C2CCCC2)C1=O. The number of amides is 1. The highest BCUT2D eigenvalue weighted by molar-refractivity contribution is 5.83. The van der Waals surface area contributed by atoms with Crippen molar-refractivity contribution >= 4 is 5.91 Å². The van der Waals surface area contributed by atoms with Gasteiger partial charge in [0.25, 0.3) is 0 Å². The van der Waals surface area contributed by atoms with Gasteiger partial charge in [-0.1, -0.05) is 12.8 Å². The predicted octanol–water partition coefficient (Wildman–Crippen LogP) is 0.639. The minimum absolute atomic E-state index is 0.0109. The summed E-state index contributed by atoms with van der Waals surface area (Å²) in [6.45, 7) is 4.52. The lowest BCUT2D eigenvalue weighted by molar-refractivity contribution is -0.128. The molecule has 92 valence electrons. The van der Waals surface area contributed by atoms with Crippen molar-refractivity contribution in [2.24, 2.45) is 0 Å². The van der Waals surface area contributed by atoms with Crippen LogP contribution in [0.15, 0.2) is 0 Å². The number of nitrogens with one attached hydrogen (secondary N) is 1. The minimum Gasteiger partial charge on any atom is -0.327 e. The highest BCUT2D eigenvalue weighted by Gasteiger charge is 2.27. The van der Waals surface area contributed by atoms with Crippen molar-refractivity contribution in [1.29, 1.82) is 0 Å². The normalized spacial score (nSPS) is 27.3. The van der Waals surface area contributed by atoms with E-state index in [0.29, 0.717) is 0 Å². The summed E-state index contributed by atoms with van der Waals surface area (Å²) in [4.78, 5) is 16.0. The third kappa shape index (κ3) is 2.55. The van der Waals surface area contributed by atoms with Crippen LogP contribution in [-0.4, -0.2) is 54.6 Å². The molecule has 0 aromatic heterocycles. The standard InChI is InChI=1S/C12H23N3O/c1-10-12(16)15(9-13-10)8-7-14(2)11-5-3-4-6-11/h10-11,13H,3-9H2,1-2H3. The van der Waals surface area contributed by atoms with Gasteiger partial charge >= 0.3 is 0 Å². The second-order valence-corrected chi connectivity index (χ2v) is 5.10. The molecule has 1 saturated heterocycles. The van der Waals surface area contributed by atoms with E-state index in [4.69, 9.17) is 0 Å². The summed E-state index contributed by atoms with van der Waals surface area (Å²) >= 11 is 0. The van der Waals surface area contributed by atoms with Crippen molar-refractivity contribution in [2.45, 2.75) is 44.7 Å². The van der Waals surface area contributed by atoms with E-state index in [1.807, 2.05) is 11.8 Å². The fourth-order valence-corrected chi connectivity index (χ4v) is 2.68. The van der Waals surface area contributed by atoms with Crippen molar-refractivity contribution in [3.63, 3.8) is 0 Å². The number of carbonyl (C=O) groups excluding carboxylic acids is 1. The molecule has 4 heteroatoms. The van der Waals surface area contributed by atoms with Crippen LogP contribution in [0.3, 0.4) is 0 Å². The summed E-state index contributed by atoms with van der Waals surface area (Å²) in [5.74, 6) is 0.250. The smallest absolute Gasteiger partial charge is 0.240 e. The highest BCUT2D eigenvalue weighted by Crippen LogP contribution is 2.22. The highest BCUT2D eigenvalue weighted by atomic mass is 16.2. The number of nitrogens with zero attached hydrogens (tertiary/aromatic N) is 2. The van der Waals surface area contributed by atoms with E-state index in [1.54, 1.807) is 0 Å². The molecule has 1 N–H and O–H groups in total. The van der Waals surface area contributed by atoms with E-state index in [2.05, 4.69) is 17.3 Å². The van der Waals surface area contributed by atoms with E-state index in [0.717, 1.165) is 25.8 Å². The van der Waals surface area contributed by atoms with Gasteiger partial charge in [0.05, 0.1) is 12.7 Å². The van der Waals surface area contributed by atoms with Crippen LogP contribution in [0.2, 0.25) is 0 Å². The largest absolute Gasteiger partial charge is 0.327 e. The molecule has 0 aromatic rings. The van der Waals surface area contributed by atoms with Crippen LogP contribution < -0.4 is 5.32 Å². The molecule has 0 aromatic carbocycles. The van der Waals surface area contributed by atoms with Crippen molar-refractivity contribution in [2.75, 3.05) is 26.8 Å². The molecule has 1 saturated carbocycles. The second-order valence-electron chi connectivity index (χ2n) is 5.10. The summed E-state index contributed by atoms with van der Waals surface area (Å²) in [7, 11) is 2.19. The average Bonchev–Trinajstić information content (AvgIpc) is 2.89. The van der Waals surface area contributed by atoms with Gasteiger partial charge in [-0.2, -0.15) is 0 Å². The molecule has 2 fully saturated rings. The molecule has 0 spiro atoms. The number of likely N-dealkylation sites (N-methyl/N-ethyl adjacent to an activating group) is 1. The Bertz CT molecular complexity index is 251. The Morgan fingerprint density at radius 3 is 2.69 bits per heavy atom. The molecule has 2 aliphatic rings. The van der Waals surface area contributed by atoms with Gasteiger partial charge in [0.15, 0.2) is 0 Å². The molecule has 1 amide bonds. The predicted molar refractivity (Wildman–Crippen MR) is 64.1 cm³/mol. The number of hydrogen-bond acceptors (Lipinski definition) is 3. The Morgan fingerprint density at radius 1 is 1.44 bits per heavy atom. The molecule has 0 radical (unpaired) electrons. The molecule has 0 bridgehead atoms. The maximum atomic E-state index is 11.7. The molecule has 1 aliphatic carbocycles. The van der Waals surface area contributed by atoms with Gasteiger partial charge in [0.2, 0.25) is 5.91 Å². The second kappa shape index (κ2) is 5.15. The van der Waals surface area contributed by atoms with Gasteiger partial charge in [-0.3, -0.25) is 10.1 Å². The van der Waals surface area contributed by atoms with Crippen LogP contribution in [0.5, 0.6) is 0 Å². The van der Waals surface area contributed by atoms with Crippen molar-refractivity contribution in [3.05, 3.63) is 0 Å². The van der Waals surface area contributed by atoms with Crippen LogP contribution in [-0.2, 0) is 4.79 Å². The molecular weight excluding hydrogens is 202 g/mol. The van der Waals surface area contributed by atoms with Gasteiger partial charge in [0.1, 0.15) is 0 Å². The topological polar surface area (TPSA) is 35.6 Å². The lowest BCUT2D eigenvalue weighted by atomic mass is 10.2. The summed E-state index contributed by atoms with van der Waals surface area (Å²) in [5, 5.41) is 3.17. The first kappa shape index (κ1) is 11.9. The third-order valence-electron chi connectivity index (χ3n) is 3.94. The van der Waals surface area contributed by atoms with E-state index in [1.165, 1.54) is 25.7 Å². The van der Waals surface area contributed by atoms with Gasteiger partial charge in [0, 0.05) is 19.1 Å². The average molecular weight is 225 g/mol. The van der Waals surface area contributed by atoms with E-state index >= 15 is 0 Å². The van der Waals surface area contributed by atoms with Gasteiger partial charge in [-0.15, -0.1) is 0 Å². The van der Waals surface area contributed by atoms with E-state index in [-0.39, 0.29) is 11.9 Å². The minimum atomic E-state index is 0.0109. The lowest BCUT2D eigenvalue weighted by Crippen LogP contribution is -2.39. The zero-order valence-corrected chi connectivity index (χ0v) is 10.4. The first-order valence-electron chi connectivity index (χ1n) is 6.41. The summed E-state index contributed by atoms with van der Waals surface area (Å²) < 4.78 is 0. The zero-order valence-electron chi connectivity index (χ0n) is 10.4. The quantitative estimate of drug-likeness (QED) is 0.762. The fourth-order valence-electron chi connectivity index (χ4n) is 2.68. The summed E-state index contributed by atoms with van der Waals surface area (Å²) in [6.07, 6.45) is 5.41. The lowest BCUT2D eigenvalue weighted by Gasteiger charge is -2.26.